The molecule has 100 valence electrons. The molecule has 0 aromatic heterocycles. The van der Waals surface area contributed by atoms with Crippen molar-refractivity contribution in [3.05, 3.63) is 23.8 Å². The predicted octanol–water partition coefficient (Wildman–Crippen LogP) is 2.17. The molecule has 0 aliphatic heterocycles. The van der Waals surface area contributed by atoms with Gasteiger partial charge in [0.1, 0.15) is 5.75 Å². The van der Waals surface area contributed by atoms with Crippen LogP contribution in [0.2, 0.25) is 0 Å². The normalized spacial score (nSPS) is 11.2. The van der Waals surface area contributed by atoms with Crippen molar-refractivity contribution in [1.29, 1.82) is 0 Å². The van der Waals surface area contributed by atoms with Gasteiger partial charge in [0.15, 0.2) is 0 Å². The van der Waals surface area contributed by atoms with Gasteiger partial charge in [-0.3, -0.25) is 4.79 Å². The van der Waals surface area contributed by atoms with Crippen LogP contribution in [0.3, 0.4) is 0 Å². The summed E-state index contributed by atoms with van der Waals surface area (Å²) in [6, 6.07) is 4.41. The van der Waals surface area contributed by atoms with Gasteiger partial charge in [0.2, 0.25) is 0 Å². The molecule has 0 unspecified atom stereocenters. The molecule has 5 nitrogen and oxygen atoms in total. The van der Waals surface area contributed by atoms with Gasteiger partial charge in [-0.25, -0.2) is 8.42 Å². The van der Waals surface area contributed by atoms with Crippen molar-refractivity contribution in [2.24, 2.45) is 0 Å². The molecule has 0 aliphatic carbocycles. The van der Waals surface area contributed by atoms with E-state index in [0.717, 1.165) is 0 Å². The fourth-order valence-electron chi connectivity index (χ4n) is 1.40. The van der Waals surface area contributed by atoms with Crippen LogP contribution in [0.4, 0.5) is 0 Å². The first kappa shape index (κ1) is 14.8. The van der Waals surface area contributed by atoms with Gasteiger partial charge in [0, 0.05) is 17.1 Å². The monoisotopic (exact) mass is 292 g/mol. The minimum absolute atomic E-state index is 0.0348. The van der Waals surface area contributed by atoms with Crippen LogP contribution in [0.5, 0.6) is 5.75 Å². The summed E-state index contributed by atoms with van der Waals surface area (Å²) >= 11 is 0. The molecule has 0 saturated heterocycles. The zero-order valence-electron chi connectivity index (χ0n) is 9.72. The maximum Gasteiger partial charge on any atom is 0.303 e. The smallest absolute Gasteiger partial charge is 0.303 e. The molecule has 0 radical (unpaired) electrons. The molecule has 0 spiro atoms. The number of halogens is 1. The number of aryl methyl sites for hydroxylation is 1. The second-order valence-electron chi connectivity index (χ2n) is 3.71. The van der Waals surface area contributed by atoms with Gasteiger partial charge in [0.05, 0.1) is 11.5 Å². The fourth-order valence-corrected chi connectivity index (χ4v) is 2.59. The Morgan fingerprint density at radius 2 is 2.11 bits per heavy atom. The quantitative estimate of drug-likeness (QED) is 0.642. The predicted molar refractivity (Wildman–Crippen MR) is 66.6 cm³/mol. The van der Waals surface area contributed by atoms with Crippen molar-refractivity contribution in [3.8, 4) is 5.75 Å². The van der Waals surface area contributed by atoms with Crippen LogP contribution < -0.4 is 4.74 Å². The molecule has 0 fully saturated rings. The Morgan fingerprint density at radius 3 is 2.61 bits per heavy atom. The Balaban J connectivity index is 2.65. The first-order valence-electron chi connectivity index (χ1n) is 5.20. The number of hydrogen-bond acceptors (Lipinski definition) is 4. The van der Waals surface area contributed by atoms with Gasteiger partial charge in [-0.05, 0) is 37.1 Å². The van der Waals surface area contributed by atoms with Gasteiger partial charge >= 0.3 is 5.97 Å². The molecule has 0 heterocycles. The number of rotatable bonds is 6. The third-order valence-corrected chi connectivity index (χ3v) is 3.69. The van der Waals surface area contributed by atoms with Crippen LogP contribution in [0.25, 0.3) is 0 Å². The molecule has 0 saturated carbocycles. The number of benzene rings is 1. The molecule has 7 heteroatoms. The van der Waals surface area contributed by atoms with Crippen LogP contribution in [0, 0.1) is 6.92 Å². The Bertz CT molecular complexity index is 538. The Labute approximate surface area is 110 Å². The van der Waals surface area contributed by atoms with Crippen LogP contribution in [0.15, 0.2) is 23.1 Å². The lowest BCUT2D eigenvalue weighted by atomic mass is 10.2. The molecule has 1 N–H and O–H groups in total. The summed E-state index contributed by atoms with van der Waals surface area (Å²) in [5, 5.41) is 8.44. The maximum atomic E-state index is 11.2. The van der Waals surface area contributed by atoms with E-state index in [1.54, 1.807) is 13.0 Å². The van der Waals surface area contributed by atoms with E-state index in [-0.39, 0.29) is 17.9 Å². The lowest BCUT2D eigenvalue weighted by Crippen LogP contribution is -2.03. The molecule has 0 amide bonds. The number of aliphatic carboxylic acids is 1. The standard InChI is InChI=1S/C11H13ClO5S/c1-8-7-9(17-6-2-3-11(13)14)4-5-10(8)18(12,15)16/h4-5,7H,2-3,6H2,1H3,(H,13,14). The first-order valence-corrected chi connectivity index (χ1v) is 7.51. The number of carbonyl (C=O) groups is 1. The Morgan fingerprint density at radius 1 is 1.44 bits per heavy atom. The van der Waals surface area contributed by atoms with E-state index in [1.807, 2.05) is 0 Å². The van der Waals surface area contributed by atoms with E-state index in [2.05, 4.69) is 0 Å². The van der Waals surface area contributed by atoms with Gasteiger partial charge in [-0.15, -0.1) is 0 Å². The summed E-state index contributed by atoms with van der Waals surface area (Å²) in [6.45, 7) is 1.87. The minimum Gasteiger partial charge on any atom is -0.494 e. The molecule has 1 aromatic carbocycles. The SMILES string of the molecule is Cc1cc(OCCCC(=O)O)ccc1S(=O)(=O)Cl. The van der Waals surface area contributed by atoms with Gasteiger partial charge in [-0.1, -0.05) is 0 Å². The van der Waals surface area contributed by atoms with Crippen molar-refractivity contribution >= 4 is 25.7 Å². The average molecular weight is 293 g/mol. The zero-order valence-corrected chi connectivity index (χ0v) is 11.3. The Hall–Kier alpha value is -1.27. The Kier molecular flexibility index (Phi) is 4.98. The maximum absolute atomic E-state index is 11.2. The number of carboxylic acid groups (broad SMARTS) is 1. The topological polar surface area (TPSA) is 80.7 Å². The highest BCUT2D eigenvalue weighted by Gasteiger charge is 2.13. The van der Waals surface area contributed by atoms with Gasteiger partial charge < -0.3 is 9.84 Å². The van der Waals surface area contributed by atoms with Crippen molar-refractivity contribution in [2.45, 2.75) is 24.7 Å². The minimum atomic E-state index is -3.75. The van der Waals surface area contributed by atoms with Crippen LogP contribution in [0.1, 0.15) is 18.4 Å². The summed E-state index contributed by atoms with van der Waals surface area (Å²) in [7, 11) is 1.50. The largest absolute Gasteiger partial charge is 0.494 e. The molecule has 0 bridgehead atoms. The summed E-state index contributed by atoms with van der Waals surface area (Å²) in [5.74, 6) is -0.389. The number of hydrogen-bond donors (Lipinski definition) is 1. The lowest BCUT2D eigenvalue weighted by Gasteiger charge is -2.08. The molecule has 18 heavy (non-hydrogen) atoms. The van der Waals surface area contributed by atoms with Crippen molar-refractivity contribution in [3.63, 3.8) is 0 Å². The van der Waals surface area contributed by atoms with Crippen LogP contribution in [-0.2, 0) is 13.8 Å². The first-order chi connectivity index (χ1) is 8.30. The molecular weight excluding hydrogens is 280 g/mol. The molecule has 0 aliphatic rings. The third kappa shape index (κ3) is 4.54. The van der Waals surface area contributed by atoms with E-state index in [9.17, 15) is 13.2 Å². The second-order valence-corrected chi connectivity index (χ2v) is 6.25. The molecule has 1 rings (SSSR count). The molecule has 1 aromatic rings. The summed E-state index contributed by atoms with van der Waals surface area (Å²) in [4.78, 5) is 10.3. The molecular formula is C11H13ClO5S. The highest BCUT2D eigenvalue weighted by molar-refractivity contribution is 8.13. The van der Waals surface area contributed by atoms with E-state index < -0.39 is 15.0 Å². The van der Waals surface area contributed by atoms with Crippen molar-refractivity contribution < 1.29 is 23.1 Å². The second kappa shape index (κ2) is 6.06. The highest BCUT2D eigenvalue weighted by Crippen LogP contribution is 2.23. The van der Waals surface area contributed by atoms with E-state index in [4.69, 9.17) is 20.5 Å². The third-order valence-electron chi connectivity index (χ3n) is 2.21. The summed E-state index contributed by atoms with van der Waals surface area (Å²) in [6.07, 6.45) is 0.428. The van der Waals surface area contributed by atoms with E-state index in [1.165, 1.54) is 12.1 Å². The summed E-state index contributed by atoms with van der Waals surface area (Å²) in [5.41, 5.74) is 0.487. The van der Waals surface area contributed by atoms with Crippen molar-refractivity contribution in [1.82, 2.24) is 0 Å². The lowest BCUT2D eigenvalue weighted by molar-refractivity contribution is -0.137. The van der Waals surface area contributed by atoms with Gasteiger partial charge in [0.25, 0.3) is 9.05 Å². The van der Waals surface area contributed by atoms with E-state index >= 15 is 0 Å². The number of ether oxygens (including phenoxy) is 1. The van der Waals surface area contributed by atoms with Crippen LogP contribution in [-0.4, -0.2) is 26.1 Å². The highest BCUT2D eigenvalue weighted by atomic mass is 35.7. The zero-order chi connectivity index (χ0) is 13.8. The van der Waals surface area contributed by atoms with Crippen LogP contribution >= 0.6 is 10.7 Å². The van der Waals surface area contributed by atoms with Gasteiger partial charge in [-0.2, -0.15) is 0 Å². The van der Waals surface area contributed by atoms with Crippen molar-refractivity contribution in [2.75, 3.05) is 6.61 Å². The molecule has 0 atom stereocenters. The summed E-state index contributed by atoms with van der Waals surface area (Å²) < 4.78 is 27.6. The fraction of sp³-hybridized carbons (Fsp3) is 0.364. The van der Waals surface area contributed by atoms with E-state index in [0.29, 0.717) is 17.7 Å². The number of carboxylic acids is 1. The average Bonchev–Trinajstić information content (AvgIpc) is 2.22.